The standard InChI is InChI=1S/C16H25NO2/c1-18-14-8-5-13(6-9-14)7-10-15(17)16(19-2)11-3-4-12-16/h5-6,8-9,15H,3-4,7,10-12,17H2,1-2H3. The van der Waals surface area contributed by atoms with E-state index >= 15 is 0 Å². The van der Waals surface area contributed by atoms with Crippen molar-refractivity contribution in [1.82, 2.24) is 0 Å². The van der Waals surface area contributed by atoms with Crippen LogP contribution in [0.15, 0.2) is 24.3 Å². The molecule has 1 aliphatic carbocycles. The first-order chi connectivity index (χ1) is 9.20. The van der Waals surface area contributed by atoms with Crippen molar-refractivity contribution < 1.29 is 9.47 Å². The number of aryl methyl sites for hydroxylation is 1. The molecule has 2 rings (SSSR count). The van der Waals surface area contributed by atoms with E-state index in [0.717, 1.165) is 31.4 Å². The molecule has 0 spiro atoms. The fraction of sp³-hybridized carbons (Fsp3) is 0.625. The first kappa shape index (κ1) is 14.4. The lowest BCUT2D eigenvalue weighted by atomic mass is 9.88. The molecule has 19 heavy (non-hydrogen) atoms. The largest absolute Gasteiger partial charge is 0.497 e. The maximum Gasteiger partial charge on any atom is 0.118 e. The molecule has 3 heteroatoms. The van der Waals surface area contributed by atoms with Gasteiger partial charge in [0.05, 0.1) is 12.7 Å². The predicted octanol–water partition coefficient (Wildman–Crippen LogP) is 2.91. The van der Waals surface area contributed by atoms with Crippen LogP contribution in [-0.2, 0) is 11.2 Å². The Kier molecular flexibility index (Phi) is 4.83. The Morgan fingerprint density at radius 1 is 1.16 bits per heavy atom. The fourth-order valence-electron chi connectivity index (χ4n) is 3.08. The van der Waals surface area contributed by atoms with E-state index in [1.807, 2.05) is 12.1 Å². The third kappa shape index (κ3) is 3.28. The first-order valence-corrected chi connectivity index (χ1v) is 7.14. The molecule has 106 valence electrons. The monoisotopic (exact) mass is 263 g/mol. The van der Waals surface area contributed by atoms with Crippen molar-refractivity contribution in [3.05, 3.63) is 29.8 Å². The second-order valence-electron chi connectivity index (χ2n) is 5.47. The summed E-state index contributed by atoms with van der Waals surface area (Å²) in [5.74, 6) is 0.900. The lowest BCUT2D eigenvalue weighted by Gasteiger charge is -2.34. The number of methoxy groups -OCH3 is 2. The highest BCUT2D eigenvalue weighted by molar-refractivity contribution is 5.27. The molecule has 3 nitrogen and oxygen atoms in total. The van der Waals surface area contributed by atoms with Crippen LogP contribution in [-0.4, -0.2) is 25.9 Å². The van der Waals surface area contributed by atoms with Gasteiger partial charge in [-0.3, -0.25) is 0 Å². The molecule has 1 saturated carbocycles. The summed E-state index contributed by atoms with van der Waals surface area (Å²) >= 11 is 0. The number of hydrogen-bond acceptors (Lipinski definition) is 3. The molecule has 1 atom stereocenters. The Morgan fingerprint density at radius 3 is 2.32 bits per heavy atom. The summed E-state index contributed by atoms with van der Waals surface area (Å²) in [6.45, 7) is 0. The molecule has 1 aliphatic rings. The number of ether oxygens (including phenoxy) is 2. The SMILES string of the molecule is COc1ccc(CCC(N)C2(OC)CCCC2)cc1. The molecule has 0 heterocycles. The van der Waals surface area contributed by atoms with E-state index in [2.05, 4.69) is 12.1 Å². The zero-order valence-corrected chi connectivity index (χ0v) is 12.0. The number of hydrogen-bond donors (Lipinski definition) is 1. The van der Waals surface area contributed by atoms with Gasteiger partial charge in [0.25, 0.3) is 0 Å². The summed E-state index contributed by atoms with van der Waals surface area (Å²) in [7, 11) is 3.49. The number of nitrogens with two attached hydrogens (primary N) is 1. The minimum Gasteiger partial charge on any atom is -0.497 e. The second-order valence-corrected chi connectivity index (χ2v) is 5.47. The topological polar surface area (TPSA) is 44.5 Å². The van der Waals surface area contributed by atoms with Crippen LogP contribution in [0, 0.1) is 0 Å². The van der Waals surface area contributed by atoms with E-state index in [4.69, 9.17) is 15.2 Å². The fourth-order valence-corrected chi connectivity index (χ4v) is 3.08. The quantitative estimate of drug-likeness (QED) is 0.858. The Morgan fingerprint density at radius 2 is 1.79 bits per heavy atom. The Hall–Kier alpha value is -1.06. The Labute approximate surface area is 116 Å². The first-order valence-electron chi connectivity index (χ1n) is 7.14. The van der Waals surface area contributed by atoms with E-state index < -0.39 is 0 Å². The van der Waals surface area contributed by atoms with Crippen LogP contribution in [0.5, 0.6) is 5.75 Å². The van der Waals surface area contributed by atoms with Gasteiger partial charge >= 0.3 is 0 Å². The van der Waals surface area contributed by atoms with E-state index in [-0.39, 0.29) is 11.6 Å². The molecule has 0 saturated heterocycles. The second kappa shape index (κ2) is 6.40. The van der Waals surface area contributed by atoms with Gasteiger partial charge in [-0.1, -0.05) is 25.0 Å². The van der Waals surface area contributed by atoms with Gasteiger partial charge in [-0.2, -0.15) is 0 Å². The Bertz CT molecular complexity index is 382. The van der Waals surface area contributed by atoms with Crippen molar-refractivity contribution in [2.75, 3.05) is 14.2 Å². The number of rotatable bonds is 6. The van der Waals surface area contributed by atoms with E-state index in [1.54, 1.807) is 14.2 Å². The predicted molar refractivity (Wildman–Crippen MR) is 77.5 cm³/mol. The summed E-state index contributed by atoms with van der Waals surface area (Å²) in [4.78, 5) is 0. The summed E-state index contributed by atoms with van der Waals surface area (Å²) in [6, 6.07) is 8.35. The van der Waals surface area contributed by atoms with Crippen molar-refractivity contribution >= 4 is 0 Å². The molecule has 1 aromatic rings. The highest BCUT2D eigenvalue weighted by Crippen LogP contribution is 2.36. The zero-order valence-electron chi connectivity index (χ0n) is 12.0. The molecule has 0 aliphatic heterocycles. The van der Waals surface area contributed by atoms with Crippen molar-refractivity contribution in [1.29, 1.82) is 0 Å². The minimum atomic E-state index is -0.0769. The van der Waals surface area contributed by atoms with Crippen LogP contribution < -0.4 is 10.5 Å². The third-order valence-corrected chi connectivity index (χ3v) is 4.44. The molecule has 0 amide bonds. The van der Waals surface area contributed by atoms with Crippen LogP contribution in [0.1, 0.15) is 37.7 Å². The van der Waals surface area contributed by atoms with Crippen molar-refractivity contribution in [2.24, 2.45) is 5.73 Å². The minimum absolute atomic E-state index is 0.0769. The smallest absolute Gasteiger partial charge is 0.118 e. The molecular formula is C16H25NO2. The van der Waals surface area contributed by atoms with Gasteiger partial charge in [0, 0.05) is 13.2 Å². The maximum atomic E-state index is 6.38. The molecule has 0 aromatic heterocycles. The van der Waals surface area contributed by atoms with Crippen LogP contribution >= 0.6 is 0 Å². The van der Waals surface area contributed by atoms with Crippen molar-refractivity contribution in [2.45, 2.75) is 50.2 Å². The lowest BCUT2D eigenvalue weighted by molar-refractivity contribution is -0.0273. The lowest BCUT2D eigenvalue weighted by Crippen LogP contribution is -2.47. The molecule has 2 N–H and O–H groups in total. The molecule has 1 unspecified atom stereocenters. The van der Waals surface area contributed by atoms with Gasteiger partial charge in [0.15, 0.2) is 0 Å². The van der Waals surface area contributed by atoms with Gasteiger partial charge in [0.2, 0.25) is 0 Å². The van der Waals surface area contributed by atoms with Gasteiger partial charge in [-0.05, 0) is 43.4 Å². The van der Waals surface area contributed by atoms with Crippen LogP contribution in [0.3, 0.4) is 0 Å². The highest BCUT2D eigenvalue weighted by atomic mass is 16.5. The summed E-state index contributed by atoms with van der Waals surface area (Å²) in [5, 5.41) is 0. The molecule has 0 radical (unpaired) electrons. The summed E-state index contributed by atoms with van der Waals surface area (Å²) < 4.78 is 10.9. The van der Waals surface area contributed by atoms with Gasteiger partial charge in [0.1, 0.15) is 5.75 Å². The van der Waals surface area contributed by atoms with Gasteiger partial charge < -0.3 is 15.2 Å². The Balaban J connectivity index is 1.90. The van der Waals surface area contributed by atoms with Crippen molar-refractivity contribution in [3.63, 3.8) is 0 Å². The maximum absolute atomic E-state index is 6.38. The number of benzene rings is 1. The van der Waals surface area contributed by atoms with E-state index in [1.165, 1.54) is 18.4 Å². The summed E-state index contributed by atoms with van der Waals surface area (Å²) in [5.41, 5.74) is 7.61. The van der Waals surface area contributed by atoms with Crippen LogP contribution in [0.4, 0.5) is 0 Å². The van der Waals surface area contributed by atoms with E-state index in [0.29, 0.717) is 0 Å². The van der Waals surface area contributed by atoms with Crippen LogP contribution in [0.25, 0.3) is 0 Å². The molecule has 0 bridgehead atoms. The highest BCUT2D eigenvalue weighted by Gasteiger charge is 2.39. The van der Waals surface area contributed by atoms with Crippen molar-refractivity contribution in [3.8, 4) is 5.75 Å². The normalized spacial score (nSPS) is 19.3. The third-order valence-electron chi connectivity index (χ3n) is 4.44. The molecule has 1 fully saturated rings. The zero-order chi connectivity index (χ0) is 13.7. The average Bonchev–Trinajstić information content (AvgIpc) is 2.95. The summed E-state index contributed by atoms with van der Waals surface area (Å²) in [6.07, 6.45) is 6.66. The average molecular weight is 263 g/mol. The van der Waals surface area contributed by atoms with Gasteiger partial charge in [-0.25, -0.2) is 0 Å². The molecule has 1 aromatic carbocycles. The van der Waals surface area contributed by atoms with Gasteiger partial charge in [-0.15, -0.1) is 0 Å². The molecular weight excluding hydrogens is 238 g/mol. The van der Waals surface area contributed by atoms with E-state index in [9.17, 15) is 0 Å². The van der Waals surface area contributed by atoms with Crippen LogP contribution in [0.2, 0.25) is 0 Å².